The summed E-state index contributed by atoms with van der Waals surface area (Å²) in [5.41, 5.74) is 7.21. The number of nitrogens with zero attached hydrogens (tertiary/aromatic N) is 4. The van der Waals surface area contributed by atoms with E-state index in [2.05, 4.69) is 4.57 Å². The van der Waals surface area contributed by atoms with Gasteiger partial charge in [0.1, 0.15) is 11.5 Å². The Morgan fingerprint density at radius 1 is 0.625 bits per heavy atom. The molecule has 4 aromatic rings. The molecule has 0 saturated heterocycles. The number of unbranched alkanes of at least 4 members (excludes halogenated alkanes) is 2. The van der Waals surface area contributed by atoms with E-state index < -0.39 is 0 Å². The number of allylic oxidation sites excluding steroid dienone is 8. The van der Waals surface area contributed by atoms with Crippen LogP contribution in [0.2, 0.25) is 0 Å². The molecule has 56 heavy (non-hydrogen) atoms. The molecular formula is C44H46N4O8. The second-order valence-corrected chi connectivity index (χ2v) is 14.4. The minimum atomic E-state index is -0.0352. The van der Waals surface area contributed by atoms with E-state index in [9.17, 15) is 15.5 Å². The van der Waals surface area contributed by atoms with Crippen LogP contribution in [-0.4, -0.2) is 70.7 Å². The standard InChI is InChI=1S/C44H46N4O8/c1-52-36-15-9-30(10-16-36)32-12-18-38-34(22-32)24-46-28-42(44(54-3)40(46)26-48(38)51)56-20-6-4-5-19-55-41-27-45-23-33-21-31(29-7-13-35(49)14-8-29)11-17-37(33)47(50)25-39(45)43(41)53-2/h7-18,25-28,33-34,49H,4-6,19-24H2,1-3H3. The summed E-state index contributed by atoms with van der Waals surface area (Å²) in [6, 6.07) is 15.2. The van der Waals surface area contributed by atoms with Crippen molar-refractivity contribution in [3.63, 3.8) is 0 Å². The average Bonchev–Trinajstić information content (AvgIpc) is 3.61. The van der Waals surface area contributed by atoms with Crippen LogP contribution < -0.4 is 23.7 Å². The molecule has 1 N–H and O–H groups in total. The van der Waals surface area contributed by atoms with Gasteiger partial charge in [0.25, 0.3) is 0 Å². The van der Waals surface area contributed by atoms with Crippen molar-refractivity contribution in [3.05, 3.63) is 130 Å². The molecule has 0 spiro atoms. The maximum atomic E-state index is 13.3. The molecule has 4 aliphatic rings. The van der Waals surface area contributed by atoms with Crippen molar-refractivity contribution in [2.75, 3.05) is 34.5 Å². The first-order chi connectivity index (χ1) is 27.3. The molecule has 0 fully saturated rings. The van der Waals surface area contributed by atoms with Gasteiger partial charge in [0, 0.05) is 25.2 Å². The third-order valence-corrected chi connectivity index (χ3v) is 11.0. The number of hydroxylamine groups is 2. The van der Waals surface area contributed by atoms with Crippen LogP contribution in [-0.2, 0) is 13.1 Å². The van der Waals surface area contributed by atoms with Crippen molar-refractivity contribution in [2.45, 2.75) is 45.2 Å². The number of hydrogen-bond donors (Lipinski definition) is 1. The number of benzene rings is 2. The molecule has 2 unspecified atom stereocenters. The largest absolute Gasteiger partial charge is 0.618 e. The molecule has 12 heteroatoms. The molecule has 0 radical (unpaired) electrons. The fourth-order valence-electron chi connectivity index (χ4n) is 8.08. The van der Waals surface area contributed by atoms with Crippen LogP contribution in [0.1, 0.15) is 54.6 Å². The van der Waals surface area contributed by atoms with Crippen LogP contribution in [0.3, 0.4) is 0 Å². The number of phenolic OH excluding ortho intramolecular Hbond substituents is 1. The summed E-state index contributed by atoms with van der Waals surface area (Å²) < 4.78 is 35.3. The number of hydrogen-bond acceptors (Lipinski definition) is 8. The summed E-state index contributed by atoms with van der Waals surface area (Å²) in [4.78, 5) is 0. The zero-order valence-corrected chi connectivity index (χ0v) is 31.9. The fraction of sp³-hybridized carbons (Fsp3) is 0.318. The Hall–Kier alpha value is -6.30. The van der Waals surface area contributed by atoms with Crippen LogP contribution >= 0.6 is 0 Å². The zero-order valence-electron chi connectivity index (χ0n) is 31.9. The monoisotopic (exact) mass is 758 g/mol. The zero-order chi connectivity index (χ0) is 38.8. The number of aromatic nitrogens is 2. The lowest BCUT2D eigenvalue weighted by atomic mass is 9.87. The molecule has 2 aliphatic heterocycles. The van der Waals surface area contributed by atoms with Crippen LogP contribution in [0, 0.1) is 22.3 Å². The predicted octanol–water partition coefficient (Wildman–Crippen LogP) is 7.51. The molecule has 290 valence electrons. The molecule has 8 rings (SSSR count). The highest BCUT2D eigenvalue weighted by atomic mass is 16.5. The maximum Gasteiger partial charge on any atom is 0.208 e. The Labute approximate surface area is 325 Å². The molecule has 0 saturated carbocycles. The quantitative estimate of drug-likeness (QED) is 0.0844. The smallest absolute Gasteiger partial charge is 0.208 e. The molecule has 2 aromatic heterocycles. The van der Waals surface area contributed by atoms with Crippen molar-refractivity contribution in [1.82, 2.24) is 9.13 Å². The molecule has 2 aliphatic carbocycles. The van der Waals surface area contributed by atoms with Gasteiger partial charge in [-0.3, -0.25) is 0 Å². The number of rotatable bonds is 13. The van der Waals surface area contributed by atoms with E-state index in [1.165, 1.54) is 5.57 Å². The summed E-state index contributed by atoms with van der Waals surface area (Å²) >= 11 is 0. The molecule has 12 nitrogen and oxygen atoms in total. The van der Waals surface area contributed by atoms with E-state index in [0.29, 0.717) is 72.8 Å². The van der Waals surface area contributed by atoms with Gasteiger partial charge in [0.15, 0.2) is 45.8 Å². The second-order valence-electron chi connectivity index (χ2n) is 14.4. The van der Waals surface area contributed by atoms with Crippen molar-refractivity contribution in [1.29, 1.82) is 0 Å². The van der Waals surface area contributed by atoms with Gasteiger partial charge in [0.05, 0.1) is 58.8 Å². The third-order valence-electron chi connectivity index (χ3n) is 11.0. The first-order valence-corrected chi connectivity index (χ1v) is 19.0. The average molecular weight is 759 g/mol. The van der Waals surface area contributed by atoms with Gasteiger partial charge in [-0.05, 0) is 78.6 Å². The summed E-state index contributed by atoms with van der Waals surface area (Å²) in [5.74, 6) is 3.29. The highest BCUT2D eigenvalue weighted by Gasteiger charge is 2.34. The Bertz CT molecular complexity index is 2290. The lowest BCUT2D eigenvalue weighted by molar-refractivity contribution is -0.404. The van der Waals surface area contributed by atoms with E-state index >= 15 is 0 Å². The Balaban J connectivity index is 0.850. The third kappa shape index (κ3) is 7.26. The molecule has 0 bridgehead atoms. The Morgan fingerprint density at radius 2 is 1.09 bits per heavy atom. The van der Waals surface area contributed by atoms with Gasteiger partial charge >= 0.3 is 0 Å². The van der Waals surface area contributed by atoms with Gasteiger partial charge in [-0.1, -0.05) is 36.4 Å². The minimum absolute atomic E-state index is 0.00761. The normalized spacial score (nSPS) is 18.5. The van der Waals surface area contributed by atoms with Crippen molar-refractivity contribution < 1.29 is 38.3 Å². The van der Waals surface area contributed by atoms with Gasteiger partial charge in [-0.2, -0.15) is 9.48 Å². The SMILES string of the molecule is COc1ccc(C2=CC=C3C(C2)Cn2cc(OCCCCCOc4cn5c(c4OC)C=[N+]([O-])C4=CC=C(c6ccc(O)cc6)CC4C5)c(OC)c2C=[N+]3[O-])cc1. The fourth-order valence-corrected chi connectivity index (χ4v) is 8.08. The van der Waals surface area contributed by atoms with Crippen LogP contribution in [0.25, 0.3) is 11.1 Å². The maximum absolute atomic E-state index is 13.3. The van der Waals surface area contributed by atoms with Gasteiger partial charge < -0.3 is 48.3 Å². The van der Waals surface area contributed by atoms with Crippen LogP contribution in [0.4, 0.5) is 0 Å². The Morgan fingerprint density at radius 3 is 1.54 bits per heavy atom. The number of phenols is 1. The van der Waals surface area contributed by atoms with Gasteiger partial charge in [0.2, 0.25) is 12.4 Å². The lowest BCUT2D eigenvalue weighted by Crippen LogP contribution is -2.18. The van der Waals surface area contributed by atoms with E-state index in [4.69, 9.17) is 23.7 Å². The molecule has 0 amide bonds. The number of methoxy groups -OCH3 is 3. The van der Waals surface area contributed by atoms with Crippen LogP contribution in [0.5, 0.6) is 34.5 Å². The second kappa shape index (κ2) is 15.8. The molecule has 4 heterocycles. The Kier molecular flexibility index (Phi) is 10.4. The van der Waals surface area contributed by atoms with E-state index in [1.807, 2.05) is 77.7 Å². The van der Waals surface area contributed by atoms with E-state index in [-0.39, 0.29) is 17.6 Å². The first kappa shape index (κ1) is 36.7. The van der Waals surface area contributed by atoms with E-state index in [0.717, 1.165) is 63.3 Å². The van der Waals surface area contributed by atoms with Crippen molar-refractivity contribution in [3.8, 4) is 34.5 Å². The number of aromatic hydroxyl groups is 1. The summed E-state index contributed by atoms with van der Waals surface area (Å²) in [5, 5.41) is 36.3. The summed E-state index contributed by atoms with van der Waals surface area (Å²) in [6.45, 7) is 2.18. The summed E-state index contributed by atoms with van der Waals surface area (Å²) in [7, 11) is 4.85. The predicted molar refractivity (Wildman–Crippen MR) is 214 cm³/mol. The minimum Gasteiger partial charge on any atom is -0.618 e. The highest BCUT2D eigenvalue weighted by Crippen LogP contribution is 2.41. The number of fused-ring (bicyclic) bond motifs is 4. The van der Waals surface area contributed by atoms with E-state index in [1.54, 1.807) is 45.9 Å². The summed E-state index contributed by atoms with van der Waals surface area (Å²) in [6.07, 6.45) is 18.7. The van der Waals surface area contributed by atoms with Crippen molar-refractivity contribution >= 4 is 23.6 Å². The highest BCUT2D eigenvalue weighted by molar-refractivity contribution is 5.82. The van der Waals surface area contributed by atoms with Gasteiger partial charge in [-0.15, -0.1) is 0 Å². The van der Waals surface area contributed by atoms with Crippen LogP contribution in [0.15, 0.2) is 96.6 Å². The first-order valence-electron chi connectivity index (χ1n) is 19.0. The molecular weight excluding hydrogens is 713 g/mol. The molecule has 2 atom stereocenters. The van der Waals surface area contributed by atoms with Gasteiger partial charge in [-0.25, -0.2) is 0 Å². The lowest BCUT2D eigenvalue weighted by Gasteiger charge is -2.22. The molecule has 2 aromatic carbocycles. The topological polar surface area (TPSA) is 128 Å². The van der Waals surface area contributed by atoms with Crippen molar-refractivity contribution in [2.24, 2.45) is 11.8 Å². The number of ether oxygens (including phenoxy) is 5.